The topological polar surface area (TPSA) is 67.8 Å². The zero-order valence-corrected chi connectivity index (χ0v) is 26.7. The van der Waals surface area contributed by atoms with Gasteiger partial charge in [-0.25, -0.2) is 0 Å². The maximum atomic E-state index is 10.2. The van der Waals surface area contributed by atoms with Crippen molar-refractivity contribution in [3.8, 4) is 0 Å². The quantitative estimate of drug-likeness (QED) is 0.0546. The highest BCUT2D eigenvalue weighted by molar-refractivity contribution is 4.93. The predicted octanol–water partition coefficient (Wildman–Crippen LogP) is 7.33. The molecule has 0 spiro atoms. The SMILES string of the molecule is CC/C=C\C/C=C\CCCCCCC(O)CNCCN(C)CCNCC(O)CCCCCC/C=C\C/C=C\CC. The molecule has 0 aliphatic carbocycles. The Morgan fingerprint density at radius 3 is 1.38 bits per heavy atom. The summed E-state index contributed by atoms with van der Waals surface area (Å²) in [6.45, 7) is 9.40. The van der Waals surface area contributed by atoms with Crippen molar-refractivity contribution in [2.75, 3.05) is 46.3 Å². The second-order valence-corrected chi connectivity index (χ2v) is 11.2. The lowest BCUT2D eigenvalue weighted by molar-refractivity contribution is 0.154. The molecule has 0 radical (unpaired) electrons. The largest absolute Gasteiger partial charge is 0.392 e. The molecule has 0 aromatic heterocycles. The lowest BCUT2D eigenvalue weighted by Crippen LogP contribution is -2.38. The number of aliphatic hydroxyl groups is 2. The Kier molecular flexibility index (Phi) is 31.3. The number of nitrogens with one attached hydrogen (secondary N) is 2. The first-order valence-electron chi connectivity index (χ1n) is 16.7. The molecular weight excluding hydrogens is 494 g/mol. The van der Waals surface area contributed by atoms with Crippen LogP contribution in [0.4, 0.5) is 0 Å². The first-order valence-corrected chi connectivity index (χ1v) is 16.7. The summed E-state index contributed by atoms with van der Waals surface area (Å²) in [5.74, 6) is 0. The first-order chi connectivity index (χ1) is 19.6. The minimum atomic E-state index is -0.242. The van der Waals surface area contributed by atoms with Crippen LogP contribution in [-0.4, -0.2) is 73.6 Å². The molecule has 0 aromatic carbocycles. The molecule has 4 N–H and O–H groups in total. The van der Waals surface area contributed by atoms with E-state index in [0.29, 0.717) is 13.1 Å². The predicted molar refractivity (Wildman–Crippen MR) is 177 cm³/mol. The summed E-state index contributed by atoms with van der Waals surface area (Å²) in [6, 6.07) is 0. The van der Waals surface area contributed by atoms with Gasteiger partial charge in [-0.3, -0.25) is 0 Å². The Morgan fingerprint density at radius 2 is 0.950 bits per heavy atom. The molecule has 0 aliphatic heterocycles. The average molecular weight is 562 g/mol. The number of hydrogen-bond donors (Lipinski definition) is 4. The molecule has 0 rings (SSSR count). The minimum absolute atomic E-state index is 0.242. The van der Waals surface area contributed by atoms with Crippen molar-refractivity contribution in [1.29, 1.82) is 0 Å². The van der Waals surface area contributed by atoms with E-state index in [-0.39, 0.29) is 12.2 Å². The van der Waals surface area contributed by atoms with E-state index in [1.165, 1.54) is 51.4 Å². The molecule has 2 atom stereocenters. The number of rotatable bonds is 30. The van der Waals surface area contributed by atoms with Crippen molar-refractivity contribution < 1.29 is 10.2 Å². The van der Waals surface area contributed by atoms with E-state index in [0.717, 1.165) is 77.5 Å². The number of unbranched alkanes of at least 4 members (excludes halogenated alkanes) is 8. The highest BCUT2D eigenvalue weighted by atomic mass is 16.3. The van der Waals surface area contributed by atoms with Crippen LogP contribution < -0.4 is 10.6 Å². The van der Waals surface area contributed by atoms with E-state index in [4.69, 9.17) is 0 Å². The molecule has 0 heterocycles. The summed E-state index contributed by atoms with van der Waals surface area (Å²) in [4.78, 5) is 2.29. The van der Waals surface area contributed by atoms with Gasteiger partial charge in [-0.05, 0) is 71.3 Å². The Labute approximate surface area is 249 Å². The van der Waals surface area contributed by atoms with Gasteiger partial charge in [-0.2, -0.15) is 0 Å². The van der Waals surface area contributed by atoms with Gasteiger partial charge in [-0.1, -0.05) is 101 Å². The van der Waals surface area contributed by atoms with Crippen LogP contribution in [0.5, 0.6) is 0 Å². The van der Waals surface area contributed by atoms with Gasteiger partial charge in [0.05, 0.1) is 12.2 Å². The number of nitrogens with zero attached hydrogens (tertiary/aromatic N) is 1. The maximum absolute atomic E-state index is 10.2. The lowest BCUT2D eigenvalue weighted by atomic mass is 10.1. The van der Waals surface area contributed by atoms with Crippen LogP contribution in [0, 0.1) is 0 Å². The monoisotopic (exact) mass is 562 g/mol. The van der Waals surface area contributed by atoms with Gasteiger partial charge in [0.2, 0.25) is 0 Å². The van der Waals surface area contributed by atoms with Crippen molar-refractivity contribution in [3.63, 3.8) is 0 Å². The van der Waals surface area contributed by atoms with Crippen LogP contribution in [0.1, 0.15) is 117 Å². The molecule has 40 heavy (non-hydrogen) atoms. The van der Waals surface area contributed by atoms with Crippen molar-refractivity contribution in [2.45, 2.75) is 129 Å². The molecule has 0 fully saturated rings. The third-order valence-corrected chi connectivity index (χ3v) is 7.10. The van der Waals surface area contributed by atoms with Crippen LogP contribution in [-0.2, 0) is 0 Å². The fourth-order valence-corrected chi connectivity index (χ4v) is 4.50. The molecule has 0 amide bonds. The maximum Gasteiger partial charge on any atom is 0.0664 e. The summed E-state index contributed by atoms with van der Waals surface area (Å²) in [5.41, 5.74) is 0. The van der Waals surface area contributed by atoms with Crippen LogP contribution in [0.3, 0.4) is 0 Å². The van der Waals surface area contributed by atoms with Gasteiger partial charge in [0.25, 0.3) is 0 Å². The zero-order chi connectivity index (χ0) is 29.4. The molecule has 5 heteroatoms. The van der Waals surface area contributed by atoms with E-state index >= 15 is 0 Å². The van der Waals surface area contributed by atoms with Crippen LogP contribution >= 0.6 is 0 Å². The van der Waals surface area contributed by atoms with E-state index < -0.39 is 0 Å². The average Bonchev–Trinajstić information content (AvgIpc) is 2.95. The Morgan fingerprint density at radius 1 is 0.550 bits per heavy atom. The first kappa shape index (κ1) is 38.8. The van der Waals surface area contributed by atoms with Crippen LogP contribution in [0.15, 0.2) is 48.6 Å². The van der Waals surface area contributed by atoms with Crippen LogP contribution in [0.2, 0.25) is 0 Å². The van der Waals surface area contributed by atoms with Gasteiger partial charge in [-0.15, -0.1) is 0 Å². The minimum Gasteiger partial charge on any atom is -0.392 e. The molecule has 0 bridgehead atoms. The zero-order valence-electron chi connectivity index (χ0n) is 26.7. The highest BCUT2D eigenvalue weighted by Gasteiger charge is 2.06. The van der Waals surface area contributed by atoms with Gasteiger partial charge in [0.1, 0.15) is 0 Å². The number of aliphatic hydroxyl groups excluding tert-OH is 2. The Balaban J connectivity index is 3.45. The molecular formula is C35H67N3O2. The summed E-state index contributed by atoms with van der Waals surface area (Å²) in [5, 5.41) is 27.2. The van der Waals surface area contributed by atoms with E-state index in [1.54, 1.807) is 0 Å². The summed E-state index contributed by atoms with van der Waals surface area (Å²) in [7, 11) is 2.13. The Hall–Kier alpha value is -1.24. The molecule has 0 saturated carbocycles. The Bertz CT molecular complexity index is 566. The fraction of sp³-hybridized carbons (Fsp3) is 0.771. The second-order valence-electron chi connectivity index (χ2n) is 11.2. The molecule has 0 aliphatic rings. The van der Waals surface area contributed by atoms with Crippen molar-refractivity contribution in [3.05, 3.63) is 48.6 Å². The highest BCUT2D eigenvalue weighted by Crippen LogP contribution is 2.09. The van der Waals surface area contributed by atoms with Gasteiger partial charge >= 0.3 is 0 Å². The van der Waals surface area contributed by atoms with Crippen molar-refractivity contribution in [1.82, 2.24) is 15.5 Å². The van der Waals surface area contributed by atoms with E-state index in [1.807, 2.05) is 0 Å². The fourth-order valence-electron chi connectivity index (χ4n) is 4.50. The molecule has 0 saturated heterocycles. The number of likely N-dealkylation sites (N-methyl/N-ethyl adjacent to an activating group) is 1. The summed E-state index contributed by atoms with van der Waals surface area (Å²) in [6.07, 6.45) is 35.6. The molecule has 0 aromatic rings. The van der Waals surface area contributed by atoms with E-state index in [9.17, 15) is 10.2 Å². The summed E-state index contributed by atoms with van der Waals surface area (Å²) < 4.78 is 0. The van der Waals surface area contributed by atoms with E-state index in [2.05, 4.69) is 85.0 Å². The second kappa shape index (κ2) is 32.3. The number of hydrogen-bond acceptors (Lipinski definition) is 5. The van der Waals surface area contributed by atoms with Gasteiger partial charge in [0, 0.05) is 39.3 Å². The summed E-state index contributed by atoms with van der Waals surface area (Å²) >= 11 is 0. The molecule has 5 nitrogen and oxygen atoms in total. The number of allylic oxidation sites excluding steroid dienone is 8. The lowest BCUT2D eigenvalue weighted by Gasteiger charge is -2.19. The molecule has 234 valence electrons. The normalized spacial score (nSPS) is 14.2. The van der Waals surface area contributed by atoms with Crippen LogP contribution in [0.25, 0.3) is 0 Å². The third-order valence-electron chi connectivity index (χ3n) is 7.10. The smallest absolute Gasteiger partial charge is 0.0664 e. The standard InChI is InChI=1S/C35H67N3O2/c1-4-6-8-10-12-14-16-18-20-22-24-26-34(39)32-36-28-30-38(3)31-29-37-33-35(40)27-25-23-21-19-17-15-13-11-9-7-5-2/h6-9,12-15,34-37,39-40H,4-5,10-11,16-33H2,1-3H3/b8-6-,9-7-,14-12-,15-13-. The third kappa shape index (κ3) is 31.3. The van der Waals surface area contributed by atoms with Gasteiger partial charge in [0.15, 0.2) is 0 Å². The van der Waals surface area contributed by atoms with Crippen molar-refractivity contribution >= 4 is 0 Å². The van der Waals surface area contributed by atoms with Gasteiger partial charge < -0.3 is 25.7 Å². The van der Waals surface area contributed by atoms with Crippen molar-refractivity contribution in [2.24, 2.45) is 0 Å². The molecule has 2 unspecified atom stereocenters.